The van der Waals surface area contributed by atoms with E-state index in [0.29, 0.717) is 11.7 Å². The molecule has 0 aliphatic carbocycles. The van der Waals surface area contributed by atoms with Crippen molar-refractivity contribution >= 4 is 11.8 Å². The number of rotatable bonds is 3. The van der Waals surface area contributed by atoms with E-state index in [0.717, 1.165) is 57.9 Å². The Morgan fingerprint density at radius 3 is 3.00 bits per heavy atom. The fraction of sp³-hybridized carbons (Fsp3) is 0.625. The van der Waals surface area contributed by atoms with Crippen LogP contribution in [-0.2, 0) is 4.74 Å². The zero-order valence-corrected chi connectivity index (χ0v) is 13.1. The third-order valence-corrected chi connectivity index (χ3v) is 4.34. The van der Waals surface area contributed by atoms with Crippen LogP contribution in [0.5, 0.6) is 0 Å². The number of hydrogen-bond acceptors (Lipinski definition) is 4. The smallest absolute Gasteiger partial charge is 0.323 e. The monoisotopic (exact) mass is 304 g/mol. The second-order valence-electron chi connectivity index (χ2n) is 6.16. The number of pyridine rings is 1. The summed E-state index contributed by atoms with van der Waals surface area (Å²) in [6.07, 6.45) is 2.79. The van der Waals surface area contributed by atoms with Crippen molar-refractivity contribution < 1.29 is 9.53 Å². The van der Waals surface area contributed by atoms with E-state index in [1.807, 2.05) is 24.0 Å². The molecular weight excluding hydrogens is 280 g/mol. The van der Waals surface area contributed by atoms with Crippen LogP contribution < -0.4 is 5.32 Å². The third kappa shape index (κ3) is 3.96. The van der Waals surface area contributed by atoms with E-state index < -0.39 is 0 Å². The predicted octanol–water partition coefficient (Wildman–Crippen LogP) is 1.58. The van der Waals surface area contributed by atoms with Crippen LogP contribution in [0.25, 0.3) is 0 Å². The summed E-state index contributed by atoms with van der Waals surface area (Å²) in [5.74, 6) is 1.19. The zero-order chi connectivity index (χ0) is 15.4. The lowest BCUT2D eigenvalue weighted by Gasteiger charge is -2.29. The molecule has 1 aromatic heterocycles. The Bertz CT molecular complexity index is 517. The molecule has 2 aliphatic rings. The van der Waals surface area contributed by atoms with Gasteiger partial charge in [-0.25, -0.2) is 9.78 Å². The topological polar surface area (TPSA) is 57.7 Å². The van der Waals surface area contributed by atoms with Crippen molar-refractivity contribution in [1.29, 1.82) is 0 Å². The maximum Gasteiger partial charge on any atom is 0.323 e. The van der Waals surface area contributed by atoms with Crippen molar-refractivity contribution in [2.45, 2.75) is 13.3 Å². The van der Waals surface area contributed by atoms with Gasteiger partial charge in [-0.15, -0.1) is 0 Å². The van der Waals surface area contributed by atoms with Gasteiger partial charge in [-0.05, 0) is 37.0 Å². The van der Waals surface area contributed by atoms with Crippen LogP contribution in [0.1, 0.15) is 12.0 Å². The fourth-order valence-electron chi connectivity index (χ4n) is 3.11. The lowest BCUT2D eigenvalue weighted by Crippen LogP contribution is -2.40. The van der Waals surface area contributed by atoms with E-state index >= 15 is 0 Å². The summed E-state index contributed by atoms with van der Waals surface area (Å²) in [6.45, 7) is 8.39. The van der Waals surface area contributed by atoms with Crippen LogP contribution in [0.3, 0.4) is 0 Å². The summed E-state index contributed by atoms with van der Waals surface area (Å²) in [4.78, 5) is 20.8. The number of aromatic nitrogens is 1. The van der Waals surface area contributed by atoms with Crippen LogP contribution in [0.15, 0.2) is 18.3 Å². The lowest BCUT2D eigenvalue weighted by atomic mass is 10.1. The van der Waals surface area contributed by atoms with E-state index in [2.05, 4.69) is 15.2 Å². The van der Waals surface area contributed by atoms with Crippen LogP contribution in [-0.4, -0.2) is 66.8 Å². The number of aryl methyl sites for hydroxylation is 1. The summed E-state index contributed by atoms with van der Waals surface area (Å²) in [7, 11) is 0. The molecule has 22 heavy (non-hydrogen) atoms. The summed E-state index contributed by atoms with van der Waals surface area (Å²) >= 11 is 0. The first-order valence-electron chi connectivity index (χ1n) is 7.99. The molecule has 0 spiro atoms. The standard InChI is InChI=1S/C16H24N4O2/c1-13-2-4-17-15(10-13)18-16(21)20-5-3-14(12-20)11-19-6-8-22-9-7-19/h2,4,10,14H,3,5-9,11-12H2,1H3,(H,17,18,21)/t14-/m1/s1. The summed E-state index contributed by atoms with van der Waals surface area (Å²) in [5, 5.41) is 2.89. The largest absolute Gasteiger partial charge is 0.379 e. The van der Waals surface area contributed by atoms with Gasteiger partial charge in [0.2, 0.25) is 0 Å². The second-order valence-corrected chi connectivity index (χ2v) is 6.16. The first kappa shape index (κ1) is 15.2. The van der Waals surface area contributed by atoms with Crippen molar-refractivity contribution in [2.24, 2.45) is 5.92 Å². The SMILES string of the molecule is Cc1ccnc(NC(=O)N2CC[C@H](CN3CCOCC3)C2)c1. The number of nitrogens with zero attached hydrogens (tertiary/aromatic N) is 3. The molecule has 1 aromatic rings. The minimum atomic E-state index is -0.0393. The molecule has 0 radical (unpaired) electrons. The molecule has 120 valence electrons. The Morgan fingerprint density at radius 1 is 1.41 bits per heavy atom. The van der Waals surface area contributed by atoms with Gasteiger partial charge in [0.15, 0.2) is 0 Å². The molecule has 1 N–H and O–H groups in total. The number of urea groups is 1. The molecule has 2 aliphatic heterocycles. The first-order chi connectivity index (χ1) is 10.7. The molecule has 0 bridgehead atoms. The second kappa shape index (κ2) is 7.07. The molecule has 2 fully saturated rings. The summed E-state index contributed by atoms with van der Waals surface area (Å²) in [6, 6.07) is 3.77. The Morgan fingerprint density at radius 2 is 2.23 bits per heavy atom. The van der Waals surface area contributed by atoms with E-state index in [1.54, 1.807) is 6.20 Å². The highest BCUT2D eigenvalue weighted by molar-refractivity contribution is 5.88. The minimum absolute atomic E-state index is 0.0393. The highest BCUT2D eigenvalue weighted by Crippen LogP contribution is 2.19. The van der Waals surface area contributed by atoms with Crippen molar-refractivity contribution in [3.05, 3.63) is 23.9 Å². The fourth-order valence-corrected chi connectivity index (χ4v) is 3.11. The van der Waals surface area contributed by atoms with Crippen LogP contribution in [0.4, 0.5) is 10.6 Å². The van der Waals surface area contributed by atoms with Crippen LogP contribution in [0, 0.1) is 12.8 Å². The van der Waals surface area contributed by atoms with E-state index in [4.69, 9.17) is 4.74 Å². The van der Waals surface area contributed by atoms with Crippen LogP contribution >= 0.6 is 0 Å². The number of anilines is 1. The molecule has 2 amide bonds. The number of ether oxygens (including phenoxy) is 1. The Kier molecular flexibility index (Phi) is 4.90. The van der Waals surface area contributed by atoms with Crippen molar-refractivity contribution in [3.63, 3.8) is 0 Å². The summed E-state index contributed by atoms with van der Waals surface area (Å²) in [5.41, 5.74) is 1.09. The quantitative estimate of drug-likeness (QED) is 0.921. The van der Waals surface area contributed by atoms with Gasteiger partial charge in [0.05, 0.1) is 13.2 Å². The molecule has 6 heteroatoms. The van der Waals surface area contributed by atoms with Crippen LogP contribution in [0.2, 0.25) is 0 Å². The Balaban J connectivity index is 1.48. The molecule has 0 aromatic carbocycles. The molecule has 0 unspecified atom stereocenters. The van der Waals surface area contributed by atoms with E-state index in [-0.39, 0.29) is 6.03 Å². The van der Waals surface area contributed by atoms with Gasteiger partial charge in [0, 0.05) is 38.9 Å². The Labute approximate surface area is 131 Å². The average Bonchev–Trinajstić information content (AvgIpc) is 2.97. The Hall–Kier alpha value is -1.66. The summed E-state index contributed by atoms with van der Waals surface area (Å²) < 4.78 is 5.38. The molecule has 2 saturated heterocycles. The first-order valence-corrected chi connectivity index (χ1v) is 7.99. The van der Waals surface area contributed by atoms with Gasteiger partial charge in [-0.1, -0.05) is 0 Å². The predicted molar refractivity (Wildman–Crippen MR) is 84.9 cm³/mol. The lowest BCUT2D eigenvalue weighted by molar-refractivity contribution is 0.0314. The van der Waals surface area contributed by atoms with Gasteiger partial charge < -0.3 is 9.64 Å². The van der Waals surface area contributed by atoms with Crippen molar-refractivity contribution in [3.8, 4) is 0 Å². The highest BCUT2D eigenvalue weighted by Gasteiger charge is 2.28. The maximum absolute atomic E-state index is 12.3. The molecule has 3 rings (SSSR count). The molecule has 0 saturated carbocycles. The van der Waals surface area contributed by atoms with Crippen molar-refractivity contribution in [2.75, 3.05) is 51.3 Å². The molecule has 3 heterocycles. The number of morpholine rings is 1. The zero-order valence-electron chi connectivity index (χ0n) is 13.1. The molecular formula is C16H24N4O2. The number of carbonyl (C=O) groups is 1. The maximum atomic E-state index is 12.3. The third-order valence-electron chi connectivity index (χ3n) is 4.34. The number of hydrogen-bond donors (Lipinski definition) is 1. The van der Waals surface area contributed by atoms with Gasteiger partial charge in [-0.3, -0.25) is 10.2 Å². The van der Waals surface area contributed by atoms with Gasteiger partial charge in [-0.2, -0.15) is 0 Å². The number of amides is 2. The normalized spacial score (nSPS) is 22.8. The van der Waals surface area contributed by atoms with Gasteiger partial charge >= 0.3 is 6.03 Å². The number of nitrogens with one attached hydrogen (secondary N) is 1. The number of likely N-dealkylation sites (tertiary alicyclic amines) is 1. The number of carbonyl (C=O) groups excluding carboxylic acids is 1. The average molecular weight is 304 g/mol. The van der Waals surface area contributed by atoms with Crippen molar-refractivity contribution in [1.82, 2.24) is 14.8 Å². The highest BCUT2D eigenvalue weighted by atomic mass is 16.5. The van der Waals surface area contributed by atoms with Gasteiger partial charge in [0.25, 0.3) is 0 Å². The minimum Gasteiger partial charge on any atom is -0.379 e. The van der Waals surface area contributed by atoms with E-state index in [9.17, 15) is 4.79 Å². The molecule has 6 nitrogen and oxygen atoms in total. The van der Waals surface area contributed by atoms with E-state index in [1.165, 1.54) is 0 Å². The molecule has 1 atom stereocenters. The van der Waals surface area contributed by atoms with Gasteiger partial charge in [0.1, 0.15) is 5.82 Å².